The Labute approximate surface area is 157 Å². The molecule has 0 saturated heterocycles. The van der Waals surface area contributed by atoms with E-state index in [1.54, 1.807) is 44.2 Å². The number of urea groups is 1. The number of amides is 2. The summed E-state index contributed by atoms with van der Waals surface area (Å²) in [5.74, 6) is -1.20. The molecule has 0 spiro atoms. The van der Waals surface area contributed by atoms with Gasteiger partial charge in [0.15, 0.2) is 11.6 Å². The number of rotatable bonds is 7. The maximum atomic E-state index is 13.7. The number of methoxy groups -OCH3 is 1. The van der Waals surface area contributed by atoms with Crippen molar-refractivity contribution in [2.45, 2.75) is 26.5 Å². The maximum absolute atomic E-state index is 13.7. The monoisotopic (exact) mass is 374 g/mol. The predicted octanol–water partition coefficient (Wildman–Crippen LogP) is 3.72. The molecule has 7 heteroatoms. The fourth-order valence-corrected chi connectivity index (χ4v) is 2.37. The number of hydrogen-bond donors (Lipinski definition) is 2. The molecule has 0 fully saturated rings. The molecule has 0 aliphatic rings. The molecule has 2 amide bonds. The number of halogens is 1. The van der Waals surface area contributed by atoms with Gasteiger partial charge in [-0.05, 0) is 35.7 Å². The van der Waals surface area contributed by atoms with Gasteiger partial charge in [-0.3, -0.25) is 0 Å². The second-order valence-electron chi connectivity index (χ2n) is 6.26. The molecule has 2 aromatic rings. The van der Waals surface area contributed by atoms with Crippen LogP contribution < -0.4 is 15.4 Å². The molecule has 0 heterocycles. The second-order valence-corrected chi connectivity index (χ2v) is 6.26. The number of para-hydroxylation sites is 1. The molecule has 2 aromatic carbocycles. The Morgan fingerprint density at radius 1 is 1.11 bits per heavy atom. The average Bonchev–Trinajstić information content (AvgIpc) is 2.65. The van der Waals surface area contributed by atoms with Gasteiger partial charge in [0.2, 0.25) is 0 Å². The summed E-state index contributed by atoms with van der Waals surface area (Å²) in [5.41, 5.74) is 1.09. The van der Waals surface area contributed by atoms with Crippen LogP contribution in [0.25, 0.3) is 0 Å². The molecule has 0 saturated carbocycles. The molecule has 27 heavy (non-hydrogen) atoms. The van der Waals surface area contributed by atoms with Gasteiger partial charge in [0.1, 0.15) is 12.6 Å². The SMILES string of the molecule is COc1ccc(COC(=O)[C@@H](NC(=O)Nc2ccccc2)C(C)C)cc1F. The van der Waals surface area contributed by atoms with Gasteiger partial charge in [-0.2, -0.15) is 0 Å². The molecule has 2 rings (SSSR count). The van der Waals surface area contributed by atoms with Crippen molar-refractivity contribution in [3.63, 3.8) is 0 Å². The molecule has 0 bridgehead atoms. The highest BCUT2D eigenvalue weighted by Crippen LogP contribution is 2.18. The van der Waals surface area contributed by atoms with Gasteiger partial charge < -0.3 is 20.1 Å². The van der Waals surface area contributed by atoms with E-state index in [1.807, 2.05) is 6.07 Å². The summed E-state index contributed by atoms with van der Waals surface area (Å²) in [4.78, 5) is 24.5. The lowest BCUT2D eigenvalue weighted by Gasteiger charge is -2.21. The zero-order valence-electron chi connectivity index (χ0n) is 15.5. The van der Waals surface area contributed by atoms with E-state index in [1.165, 1.54) is 19.2 Å². The van der Waals surface area contributed by atoms with E-state index in [4.69, 9.17) is 9.47 Å². The topological polar surface area (TPSA) is 76.7 Å². The van der Waals surface area contributed by atoms with Gasteiger partial charge in [0, 0.05) is 5.69 Å². The van der Waals surface area contributed by atoms with Gasteiger partial charge in [-0.1, -0.05) is 38.1 Å². The Morgan fingerprint density at radius 2 is 1.81 bits per heavy atom. The third-order valence-corrected chi connectivity index (χ3v) is 3.84. The van der Waals surface area contributed by atoms with E-state index >= 15 is 0 Å². The summed E-state index contributed by atoms with van der Waals surface area (Å²) >= 11 is 0. The van der Waals surface area contributed by atoms with E-state index in [2.05, 4.69) is 10.6 Å². The van der Waals surface area contributed by atoms with Crippen molar-refractivity contribution in [2.75, 3.05) is 12.4 Å². The number of benzene rings is 2. The molecule has 0 aromatic heterocycles. The lowest BCUT2D eigenvalue weighted by molar-refractivity contribution is -0.148. The Hall–Kier alpha value is -3.09. The van der Waals surface area contributed by atoms with Crippen LogP contribution in [0.2, 0.25) is 0 Å². The normalized spacial score (nSPS) is 11.6. The molecular formula is C20H23FN2O4. The first-order valence-electron chi connectivity index (χ1n) is 8.52. The highest BCUT2D eigenvalue weighted by Gasteiger charge is 2.26. The zero-order chi connectivity index (χ0) is 19.8. The minimum absolute atomic E-state index is 0.106. The van der Waals surface area contributed by atoms with Crippen molar-refractivity contribution >= 4 is 17.7 Å². The van der Waals surface area contributed by atoms with Gasteiger partial charge in [0.05, 0.1) is 7.11 Å². The summed E-state index contributed by atoms with van der Waals surface area (Å²) < 4.78 is 23.8. The Kier molecular flexibility index (Phi) is 7.16. The van der Waals surface area contributed by atoms with E-state index in [-0.39, 0.29) is 18.3 Å². The van der Waals surface area contributed by atoms with E-state index in [0.717, 1.165) is 0 Å². The predicted molar refractivity (Wildman–Crippen MR) is 100.0 cm³/mol. The molecule has 2 N–H and O–H groups in total. The first-order valence-corrected chi connectivity index (χ1v) is 8.52. The number of carbonyl (C=O) groups is 2. The van der Waals surface area contributed by atoms with Crippen LogP contribution in [0.15, 0.2) is 48.5 Å². The van der Waals surface area contributed by atoms with Gasteiger partial charge in [-0.15, -0.1) is 0 Å². The third-order valence-electron chi connectivity index (χ3n) is 3.84. The van der Waals surface area contributed by atoms with Crippen molar-refractivity contribution < 1.29 is 23.5 Å². The Balaban J connectivity index is 1.94. The summed E-state index contributed by atoms with van der Waals surface area (Å²) in [6, 6.07) is 11.9. The summed E-state index contributed by atoms with van der Waals surface area (Å²) in [5, 5.41) is 5.27. The van der Waals surface area contributed by atoms with Crippen LogP contribution in [0.3, 0.4) is 0 Å². The van der Waals surface area contributed by atoms with Crippen LogP contribution in [-0.4, -0.2) is 25.2 Å². The first-order chi connectivity index (χ1) is 12.9. The quantitative estimate of drug-likeness (QED) is 0.724. The first kappa shape index (κ1) is 20.2. The number of nitrogens with one attached hydrogen (secondary N) is 2. The molecule has 1 atom stereocenters. The van der Waals surface area contributed by atoms with E-state index in [0.29, 0.717) is 11.3 Å². The number of esters is 1. The molecule has 0 unspecified atom stereocenters. The molecule has 0 aliphatic heterocycles. The van der Waals surface area contributed by atoms with Crippen molar-refractivity contribution in [1.29, 1.82) is 0 Å². The number of carbonyl (C=O) groups excluding carboxylic acids is 2. The maximum Gasteiger partial charge on any atom is 0.329 e. The summed E-state index contributed by atoms with van der Waals surface area (Å²) in [6.07, 6.45) is 0. The average molecular weight is 374 g/mol. The largest absolute Gasteiger partial charge is 0.494 e. The zero-order valence-corrected chi connectivity index (χ0v) is 15.5. The number of ether oxygens (including phenoxy) is 2. The third kappa shape index (κ3) is 5.99. The minimum Gasteiger partial charge on any atom is -0.494 e. The van der Waals surface area contributed by atoms with Crippen LogP contribution in [0.1, 0.15) is 19.4 Å². The van der Waals surface area contributed by atoms with Crippen LogP contribution in [-0.2, 0) is 16.1 Å². The van der Waals surface area contributed by atoms with Gasteiger partial charge in [-0.25, -0.2) is 14.0 Å². The van der Waals surface area contributed by atoms with Crippen LogP contribution in [0, 0.1) is 11.7 Å². The second kappa shape index (κ2) is 9.56. The minimum atomic E-state index is -0.836. The number of hydrogen-bond acceptors (Lipinski definition) is 4. The highest BCUT2D eigenvalue weighted by atomic mass is 19.1. The standard InChI is InChI=1S/C20H23FN2O4/c1-13(2)18(23-20(25)22-15-7-5-4-6-8-15)19(24)27-12-14-9-10-17(26-3)16(21)11-14/h4-11,13,18H,12H2,1-3H3,(H2,22,23,25)/t18-/m0/s1. The van der Waals surface area contributed by atoms with Crippen molar-refractivity contribution in [3.05, 3.63) is 59.9 Å². The smallest absolute Gasteiger partial charge is 0.329 e. The van der Waals surface area contributed by atoms with Crippen molar-refractivity contribution in [3.8, 4) is 5.75 Å². The van der Waals surface area contributed by atoms with E-state index < -0.39 is 23.9 Å². The van der Waals surface area contributed by atoms with Gasteiger partial charge in [0.25, 0.3) is 0 Å². The fraction of sp³-hybridized carbons (Fsp3) is 0.300. The Bertz CT molecular complexity index is 781. The number of anilines is 1. The molecule has 0 aliphatic carbocycles. The van der Waals surface area contributed by atoms with Crippen LogP contribution >= 0.6 is 0 Å². The van der Waals surface area contributed by atoms with Crippen molar-refractivity contribution in [2.24, 2.45) is 5.92 Å². The lowest BCUT2D eigenvalue weighted by atomic mass is 10.1. The molecule has 144 valence electrons. The van der Waals surface area contributed by atoms with E-state index in [9.17, 15) is 14.0 Å². The fourth-order valence-electron chi connectivity index (χ4n) is 2.37. The summed E-state index contributed by atoms with van der Waals surface area (Å²) in [6.45, 7) is 3.48. The molecular weight excluding hydrogens is 351 g/mol. The highest BCUT2D eigenvalue weighted by molar-refractivity contribution is 5.92. The molecule has 6 nitrogen and oxygen atoms in total. The van der Waals surface area contributed by atoms with Crippen LogP contribution in [0.4, 0.5) is 14.9 Å². The van der Waals surface area contributed by atoms with Gasteiger partial charge >= 0.3 is 12.0 Å². The lowest BCUT2D eigenvalue weighted by Crippen LogP contribution is -2.47. The molecule has 0 radical (unpaired) electrons. The van der Waals surface area contributed by atoms with Crippen molar-refractivity contribution in [1.82, 2.24) is 5.32 Å². The van der Waals surface area contributed by atoms with Crippen LogP contribution in [0.5, 0.6) is 5.75 Å². The Morgan fingerprint density at radius 3 is 2.41 bits per heavy atom. The summed E-state index contributed by atoms with van der Waals surface area (Å²) in [7, 11) is 1.37.